The van der Waals surface area contributed by atoms with Gasteiger partial charge in [-0.15, -0.1) is 0 Å². The minimum atomic E-state index is -0.429. The Morgan fingerprint density at radius 1 is 1.23 bits per heavy atom. The lowest BCUT2D eigenvalue weighted by Gasteiger charge is -2.05. The van der Waals surface area contributed by atoms with Crippen LogP contribution in [0.25, 0.3) is 11.3 Å². The van der Waals surface area contributed by atoms with E-state index in [1.54, 1.807) is 20.0 Å². The van der Waals surface area contributed by atoms with Crippen LogP contribution in [0.1, 0.15) is 59.9 Å². The molecule has 0 aliphatic heterocycles. The molecule has 0 fully saturated rings. The number of hydrogen-bond acceptors (Lipinski definition) is 7. The van der Waals surface area contributed by atoms with E-state index in [2.05, 4.69) is 41.3 Å². The average Bonchev–Trinajstić information content (AvgIpc) is 3.33. The zero-order chi connectivity index (χ0) is 21.7. The third-order valence-corrected chi connectivity index (χ3v) is 5.54. The molecule has 3 aromatic rings. The smallest absolute Gasteiger partial charge is 0.350 e. The predicted octanol–water partition coefficient (Wildman–Crippen LogP) is 4.98. The highest BCUT2D eigenvalue weighted by molar-refractivity contribution is 7.17. The number of aryl methyl sites for hydroxylation is 2. The van der Waals surface area contributed by atoms with E-state index in [9.17, 15) is 9.59 Å². The summed E-state index contributed by atoms with van der Waals surface area (Å²) in [6.07, 6.45) is 2.23. The Morgan fingerprint density at radius 3 is 2.63 bits per heavy atom. The highest BCUT2D eigenvalue weighted by atomic mass is 32.1. The van der Waals surface area contributed by atoms with Crippen LogP contribution >= 0.6 is 11.3 Å². The molecule has 0 unspecified atom stereocenters. The molecule has 2 aromatic heterocycles. The van der Waals surface area contributed by atoms with Crippen molar-refractivity contribution in [1.29, 1.82) is 0 Å². The summed E-state index contributed by atoms with van der Waals surface area (Å²) >= 11 is 1.11. The van der Waals surface area contributed by atoms with Gasteiger partial charge < -0.3 is 14.5 Å². The molecule has 0 bridgehead atoms. The van der Waals surface area contributed by atoms with E-state index in [1.807, 2.05) is 12.1 Å². The van der Waals surface area contributed by atoms with Crippen molar-refractivity contribution in [2.24, 2.45) is 0 Å². The summed E-state index contributed by atoms with van der Waals surface area (Å²) in [6.45, 7) is 8.04. The van der Waals surface area contributed by atoms with Crippen LogP contribution in [0.15, 0.2) is 34.9 Å². The van der Waals surface area contributed by atoms with Crippen LogP contribution in [0.3, 0.4) is 0 Å². The number of oxazole rings is 1. The quantitative estimate of drug-likeness (QED) is 0.510. The van der Waals surface area contributed by atoms with Crippen molar-refractivity contribution < 1.29 is 18.7 Å². The molecule has 3 rings (SSSR count). The molecule has 158 valence electrons. The Hall–Kier alpha value is -3.00. The van der Waals surface area contributed by atoms with Crippen molar-refractivity contribution in [2.45, 2.75) is 46.5 Å². The van der Waals surface area contributed by atoms with E-state index in [0.717, 1.165) is 16.9 Å². The Kier molecular flexibility index (Phi) is 6.99. The number of thiazole rings is 1. The third kappa shape index (κ3) is 5.33. The van der Waals surface area contributed by atoms with Gasteiger partial charge in [-0.1, -0.05) is 49.4 Å². The van der Waals surface area contributed by atoms with Crippen LogP contribution in [0.5, 0.6) is 0 Å². The second-order valence-corrected chi connectivity index (χ2v) is 8.10. The number of aromatic nitrogens is 2. The molecule has 0 radical (unpaired) electrons. The molecule has 0 aliphatic carbocycles. The van der Waals surface area contributed by atoms with Crippen LogP contribution in [0.2, 0.25) is 0 Å². The fourth-order valence-electron chi connectivity index (χ4n) is 2.83. The fourth-order valence-corrected chi connectivity index (χ4v) is 3.71. The minimum absolute atomic E-state index is 0.194. The van der Waals surface area contributed by atoms with Gasteiger partial charge in [-0.2, -0.15) is 0 Å². The Labute approximate surface area is 179 Å². The molecule has 0 atom stereocenters. The number of rotatable bonds is 8. The van der Waals surface area contributed by atoms with Gasteiger partial charge in [0.2, 0.25) is 5.91 Å². The van der Waals surface area contributed by atoms with Gasteiger partial charge in [-0.3, -0.25) is 4.79 Å². The Morgan fingerprint density at radius 2 is 1.97 bits per heavy atom. The zero-order valence-electron chi connectivity index (χ0n) is 17.5. The summed E-state index contributed by atoms with van der Waals surface area (Å²) in [5, 5.41) is 3.09. The van der Waals surface area contributed by atoms with Gasteiger partial charge in [0.05, 0.1) is 18.5 Å². The van der Waals surface area contributed by atoms with Crippen LogP contribution in [-0.4, -0.2) is 28.5 Å². The maximum atomic E-state index is 12.2. The average molecular weight is 428 g/mol. The van der Waals surface area contributed by atoms with Crippen LogP contribution < -0.4 is 5.32 Å². The van der Waals surface area contributed by atoms with Gasteiger partial charge >= 0.3 is 5.97 Å². The summed E-state index contributed by atoms with van der Waals surface area (Å²) in [5.74, 6) is 0.991. The topological polar surface area (TPSA) is 94.3 Å². The second-order valence-electron chi connectivity index (χ2n) is 7.10. The molecule has 1 aromatic carbocycles. The van der Waals surface area contributed by atoms with Crippen molar-refractivity contribution in [3.05, 3.63) is 52.5 Å². The maximum absolute atomic E-state index is 12.2. The summed E-state index contributed by atoms with van der Waals surface area (Å²) in [5.41, 5.74) is 2.75. The molecule has 7 nitrogen and oxygen atoms in total. The first-order chi connectivity index (χ1) is 14.4. The molecule has 0 aliphatic rings. The number of carbonyl (C=O) groups excluding carboxylic acids is 2. The Balaban J connectivity index is 1.55. The monoisotopic (exact) mass is 427 g/mol. The van der Waals surface area contributed by atoms with Crippen molar-refractivity contribution >= 4 is 28.3 Å². The van der Waals surface area contributed by atoms with Crippen LogP contribution in [0.4, 0.5) is 5.13 Å². The van der Waals surface area contributed by atoms with E-state index >= 15 is 0 Å². The van der Waals surface area contributed by atoms with Gasteiger partial charge in [0, 0.05) is 18.4 Å². The normalized spacial score (nSPS) is 11.0. The summed E-state index contributed by atoms with van der Waals surface area (Å²) in [4.78, 5) is 33.0. The van der Waals surface area contributed by atoms with E-state index in [-0.39, 0.29) is 18.9 Å². The number of anilines is 1. The first kappa shape index (κ1) is 21.7. The lowest BCUT2D eigenvalue weighted by atomic mass is 10.0. The Bertz CT molecular complexity index is 1020. The van der Waals surface area contributed by atoms with Gasteiger partial charge in [0.1, 0.15) is 4.88 Å². The van der Waals surface area contributed by atoms with Gasteiger partial charge in [0.25, 0.3) is 0 Å². The van der Waals surface area contributed by atoms with Crippen molar-refractivity contribution in [2.75, 3.05) is 11.9 Å². The fraction of sp³-hybridized carbons (Fsp3) is 0.364. The van der Waals surface area contributed by atoms with Crippen LogP contribution in [-0.2, 0) is 16.0 Å². The molecular weight excluding hydrogens is 402 g/mol. The lowest BCUT2D eigenvalue weighted by molar-refractivity contribution is -0.116. The first-order valence-corrected chi connectivity index (χ1v) is 10.7. The minimum Gasteiger partial charge on any atom is -0.462 e. The molecule has 2 heterocycles. The first-order valence-electron chi connectivity index (χ1n) is 9.86. The molecule has 0 saturated heterocycles. The highest BCUT2D eigenvalue weighted by Crippen LogP contribution is 2.25. The van der Waals surface area contributed by atoms with Crippen LogP contribution in [0, 0.1) is 6.92 Å². The largest absolute Gasteiger partial charge is 0.462 e. The second kappa shape index (κ2) is 9.67. The summed E-state index contributed by atoms with van der Waals surface area (Å²) in [7, 11) is 0. The number of hydrogen-bond donors (Lipinski definition) is 1. The van der Waals surface area contributed by atoms with Crippen molar-refractivity contribution in [1.82, 2.24) is 9.97 Å². The molecule has 1 amide bonds. The van der Waals surface area contributed by atoms with E-state index in [0.29, 0.717) is 39.7 Å². The number of nitrogens with one attached hydrogen (secondary N) is 1. The molecule has 0 saturated carbocycles. The number of ether oxygens (including phenoxy) is 1. The number of amides is 1. The van der Waals surface area contributed by atoms with Gasteiger partial charge in [-0.25, -0.2) is 14.8 Å². The zero-order valence-corrected chi connectivity index (χ0v) is 18.3. The van der Waals surface area contributed by atoms with E-state index in [1.165, 1.54) is 5.56 Å². The SMILES string of the molecule is CCOC(=O)c1sc(NC(=O)CCc2ncc(-c3ccc(C(C)C)cc3)o2)nc1C. The maximum Gasteiger partial charge on any atom is 0.350 e. The highest BCUT2D eigenvalue weighted by Gasteiger charge is 2.18. The molecule has 8 heteroatoms. The molecule has 0 spiro atoms. The number of benzene rings is 1. The van der Waals surface area contributed by atoms with Gasteiger partial charge in [-0.05, 0) is 25.3 Å². The predicted molar refractivity (Wildman–Crippen MR) is 116 cm³/mol. The number of esters is 1. The lowest BCUT2D eigenvalue weighted by Crippen LogP contribution is -2.12. The van der Waals surface area contributed by atoms with E-state index < -0.39 is 5.97 Å². The number of carbonyl (C=O) groups is 2. The van der Waals surface area contributed by atoms with Crippen molar-refractivity contribution in [3.8, 4) is 11.3 Å². The molecular formula is C22H25N3O4S. The number of nitrogens with zero attached hydrogens (tertiary/aromatic N) is 2. The summed E-state index contributed by atoms with van der Waals surface area (Å²) < 4.78 is 10.8. The standard InChI is InChI=1S/C22H25N3O4S/c1-5-28-21(27)20-14(4)24-22(30-20)25-18(26)10-11-19-23-12-17(29-19)16-8-6-15(7-9-16)13(2)3/h6-9,12-13H,5,10-11H2,1-4H3,(H,24,25,26). The van der Waals surface area contributed by atoms with Gasteiger partial charge in [0.15, 0.2) is 16.8 Å². The molecule has 30 heavy (non-hydrogen) atoms. The summed E-state index contributed by atoms with van der Waals surface area (Å²) in [6, 6.07) is 8.18. The third-order valence-electron chi connectivity index (χ3n) is 4.49. The van der Waals surface area contributed by atoms with Crippen molar-refractivity contribution in [3.63, 3.8) is 0 Å². The molecule has 1 N–H and O–H groups in total. The van der Waals surface area contributed by atoms with E-state index in [4.69, 9.17) is 9.15 Å².